The number of hydrogen-bond acceptors (Lipinski definition) is 6. The zero-order valence-corrected chi connectivity index (χ0v) is 16.2. The molecule has 0 bridgehead atoms. The number of methoxy groups -OCH3 is 1. The number of sulfonamides is 1. The summed E-state index contributed by atoms with van der Waals surface area (Å²) in [5, 5.41) is 12.8. The lowest BCUT2D eigenvalue weighted by molar-refractivity contribution is -0.385. The van der Waals surface area contributed by atoms with E-state index in [0.717, 1.165) is 12.1 Å². The Morgan fingerprint density at radius 3 is 2.46 bits per heavy atom. The van der Waals surface area contributed by atoms with Crippen LogP contribution in [0.3, 0.4) is 0 Å². The second-order valence-corrected chi connectivity index (χ2v) is 8.38. The molecule has 0 fully saturated rings. The van der Waals surface area contributed by atoms with Gasteiger partial charge in [-0.2, -0.15) is 4.72 Å². The van der Waals surface area contributed by atoms with E-state index >= 15 is 0 Å². The molecule has 0 aliphatic carbocycles. The second-order valence-electron chi connectivity index (χ2n) is 5.71. The largest absolute Gasteiger partial charge is 0.495 e. The molecule has 1 heterocycles. The number of rotatable bonds is 7. The third kappa shape index (κ3) is 4.19. The average molecular weight is 422 g/mol. The fourth-order valence-electron chi connectivity index (χ4n) is 2.61. The predicted molar refractivity (Wildman–Crippen MR) is 103 cm³/mol. The first-order valence-electron chi connectivity index (χ1n) is 7.95. The smallest absolute Gasteiger partial charge is 0.271 e. The van der Waals surface area contributed by atoms with Gasteiger partial charge in [0.1, 0.15) is 16.5 Å². The Balaban J connectivity index is 2.06. The standard InChI is InChI=1S/C18H15FN2O5S2/c1-26-15-9-8-14(21(22)23)11-17(15)28(24,25)20-18(16-3-2-10-27-16)12-4-6-13(19)7-5-12/h2-11,18,20H,1H3. The number of nitro benzene ring substituents is 1. The lowest BCUT2D eigenvalue weighted by Gasteiger charge is -2.19. The highest BCUT2D eigenvalue weighted by molar-refractivity contribution is 7.89. The second kappa shape index (κ2) is 8.05. The minimum absolute atomic E-state index is 0.0258. The topological polar surface area (TPSA) is 98.5 Å². The molecule has 0 aliphatic heterocycles. The first-order chi connectivity index (χ1) is 13.3. The van der Waals surface area contributed by atoms with Crippen LogP contribution in [0.2, 0.25) is 0 Å². The third-order valence-corrected chi connectivity index (χ3v) is 6.33. The maximum atomic E-state index is 13.3. The Labute approximate surface area is 164 Å². The van der Waals surface area contributed by atoms with Crippen LogP contribution in [0, 0.1) is 15.9 Å². The summed E-state index contributed by atoms with van der Waals surface area (Å²) in [6.45, 7) is 0. The van der Waals surface area contributed by atoms with Crippen molar-refractivity contribution in [1.82, 2.24) is 4.72 Å². The number of hydrogen-bond donors (Lipinski definition) is 1. The van der Waals surface area contributed by atoms with Crippen molar-refractivity contribution in [1.29, 1.82) is 0 Å². The molecule has 2 aromatic carbocycles. The number of thiophene rings is 1. The van der Waals surface area contributed by atoms with Crippen molar-refractivity contribution < 1.29 is 22.5 Å². The minimum Gasteiger partial charge on any atom is -0.495 e. The van der Waals surface area contributed by atoms with Crippen molar-refractivity contribution in [2.75, 3.05) is 7.11 Å². The monoisotopic (exact) mass is 422 g/mol. The Bertz CT molecular complexity index is 1080. The zero-order valence-electron chi connectivity index (χ0n) is 14.5. The summed E-state index contributed by atoms with van der Waals surface area (Å²) >= 11 is 1.32. The zero-order chi connectivity index (χ0) is 20.3. The number of nitrogens with one attached hydrogen (secondary N) is 1. The van der Waals surface area contributed by atoms with Crippen molar-refractivity contribution in [2.24, 2.45) is 0 Å². The Morgan fingerprint density at radius 1 is 1.18 bits per heavy atom. The van der Waals surface area contributed by atoms with Crippen LogP contribution < -0.4 is 9.46 Å². The summed E-state index contributed by atoms with van der Waals surface area (Å²) in [5.74, 6) is -0.473. The summed E-state index contributed by atoms with van der Waals surface area (Å²) < 4.78 is 47.0. The molecule has 0 spiro atoms. The summed E-state index contributed by atoms with van der Waals surface area (Å²) in [7, 11) is -2.93. The molecule has 146 valence electrons. The number of nitro groups is 1. The summed E-state index contributed by atoms with van der Waals surface area (Å²) in [5.41, 5.74) is 0.146. The Morgan fingerprint density at radius 2 is 1.89 bits per heavy atom. The van der Waals surface area contributed by atoms with Crippen molar-refractivity contribution in [2.45, 2.75) is 10.9 Å². The molecule has 1 unspecified atom stereocenters. The van der Waals surface area contributed by atoms with Gasteiger partial charge in [-0.15, -0.1) is 11.3 Å². The van der Waals surface area contributed by atoms with Gasteiger partial charge in [0.05, 0.1) is 18.1 Å². The van der Waals surface area contributed by atoms with E-state index in [2.05, 4.69) is 4.72 Å². The minimum atomic E-state index is -4.21. The fourth-order valence-corrected chi connectivity index (χ4v) is 4.88. The maximum absolute atomic E-state index is 13.3. The van der Waals surface area contributed by atoms with E-state index in [1.165, 1.54) is 48.8 Å². The molecule has 7 nitrogen and oxygen atoms in total. The predicted octanol–water partition coefficient (Wildman–Crippen LogP) is 3.87. The van der Waals surface area contributed by atoms with Crippen LogP contribution in [0.15, 0.2) is 64.9 Å². The van der Waals surface area contributed by atoms with E-state index in [1.807, 2.05) is 0 Å². The Hall–Kier alpha value is -2.82. The van der Waals surface area contributed by atoms with Crippen LogP contribution in [0.4, 0.5) is 10.1 Å². The van der Waals surface area contributed by atoms with E-state index < -0.39 is 26.8 Å². The summed E-state index contributed by atoms with van der Waals surface area (Å²) in [6, 6.07) is 11.5. The first kappa shape index (κ1) is 19.9. The van der Waals surface area contributed by atoms with Gasteiger partial charge in [-0.25, -0.2) is 12.8 Å². The molecular weight excluding hydrogens is 407 g/mol. The SMILES string of the molecule is COc1ccc([N+](=O)[O-])cc1S(=O)(=O)NC(c1ccc(F)cc1)c1cccs1. The quantitative estimate of drug-likeness (QED) is 0.460. The molecule has 0 aliphatic rings. The summed E-state index contributed by atoms with van der Waals surface area (Å²) in [6.07, 6.45) is 0. The van der Waals surface area contributed by atoms with Gasteiger partial charge in [-0.05, 0) is 35.2 Å². The van der Waals surface area contributed by atoms with E-state index in [9.17, 15) is 22.9 Å². The number of benzene rings is 2. The summed E-state index contributed by atoms with van der Waals surface area (Å²) in [4.78, 5) is 10.7. The molecule has 1 atom stereocenters. The fraction of sp³-hybridized carbons (Fsp3) is 0.111. The lowest BCUT2D eigenvalue weighted by atomic mass is 10.1. The van der Waals surface area contributed by atoms with Crippen LogP contribution in [0.1, 0.15) is 16.5 Å². The molecule has 3 aromatic rings. The average Bonchev–Trinajstić information content (AvgIpc) is 3.21. The van der Waals surface area contributed by atoms with Gasteiger partial charge in [-0.1, -0.05) is 18.2 Å². The van der Waals surface area contributed by atoms with Gasteiger partial charge in [0.25, 0.3) is 5.69 Å². The van der Waals surface area contributed by atoms with Crippen molar-refractivity contribution in [3.8, 4) is 5.75 Å². The molecule has 0 saturated heterocycles. The van der Waals surface area contributed by atoms with Gasteiger partial charge < -0.3 is 4.74 Å². The van der Waals surface area contributed by atoms with E-state index in [-0.39, 0.29) is 16.3 Å². The van der Waals surface area contributed by atoms with Gasteiger partial charge in [0.2, 0.25) is 10.0 Å². The lowest BCUT2D eigenvalue weighted by Crippen LogP contribution is -2.29. The maximum Gasteiger partial charge on any atom is 0.271 e. The molecule has 3 rings (SSSR count). The number of halogens is 1. The molecule has 0 radical (unpaired) electrons. The first-order valence-corrected chi connectivity index (χ1v) is 10.3. The van der Waals surface area contributed by atoms with Crippen LogP contribution in [0.5, 0.6) is 5.75 Å². The highest BCUT2D eigenvalue weighted by atomic mass is 32.2. The molecule has 1 N–H and O–H groups in total. The van der Waals surface area contributed by atoms with Gasteiger partial charge in [0.15, 0.2) is 0 Å². The van der Waals surface area contributed by atoms with Crippen LogP contribution in [-0.4, -0.2) is 20.5 Å². The van der Waals surface area contributed by atoms with Crippen LogP contribution >= 0.6 is 11.3 Å². The van der Waals surface area contributed by atoms with E-state index in [1.54, 1.807) is 17.5 Å². The third-order valence-electron chi connectivity index (χ3n) is 3.95. The number of nitrogens with zero attached hydrogens (tertiary/aromatic N) is 1. The van der Waals surface area contributed by atoms with Crippen molar-refractivity contribution in [3.63, 3.8) is 0 Å². The van der Waals surface area contributed by atoms with Crippen LogP contribution in [0.25, 0.3) is 0 Å². The molecular formula is C18H15FN2O5S2. The van der Waals surface area contributed by atoms with Crippen molar-refractivity contribution in [3.05, 3.63) is 86.3 Å². The molecule has 0 saturated carbocycles. The van der Waals surface area contributed by atoms with Gasteiger partial charge >= 0.3 is 0 Å². The number of ether oxygens (including phenoxy) is 1. The van der Waals surface area contributed by atoms with E-state index in [0.29, 0.717) is 10.4 Å². The molecule has 10 heteroatoms. The van der Waals surface area contributed by atoms with Gasteiger partial charge in [0, 0.05) is 17.0 Å². The highest BCUT2D eigenvalue weighted by Gasteiger charge is 2.28. The molecule has 0 amide bonds. The Kier molecular flexibility index (Phi) is 5.73. The van der Waals surface area contributed by atoms with E-state index in [4.69, 9.17) is 4.74 Å². The normalized spacial score (nSPS) is 12.5. The molecule has 28 heavy (non-hydrogen) atoms. The number of non-ortho nitro benzene ring substituents is 1. The van der Waals surface area contributed by atoms with Gasteiger partial charge in [-0.3, -0.25) is 10.1 Å². The van der Waals surface area contributed by atoms with Crippen LogP contribution in [-0.2, 0) is 10.0 Å². The van der Waals surface area contributed by atoms with Crippen molar-refractivity contribution >= 4 is 27.0 Å². The highest BCUT2D eigenvalue weighted by Crippen LogP contribution is 2.32. The molecule has 1 aromatic heterocycles.